The number of carbonyl (C=O) groups excluding carboxylic acids is 1. The molecule has 1 aromatic carbocycles. The van der Waals surface area contributed by atoms with Gasteiger partial charge >= 0.3 is 0 Å². The lowest BCUT2D eigenvalue weighted by molar-refractivity contribution is -0.117. The van der Waals surface area contributed by atoms with Crippen LogP contribution in [-0.2, 0) is 11.2 Å². The number of amides is 1. The summed E-state index contributed by atoms with van der Waals surface area (Å²) in [5, 5.41) is 0. The minimum atomic E-state index is 0.0999. The minimum absolute atomic E-state index is 0.0999. The Morgan fingerprint density at radius 2 is 2.17 bits per heavy atom. The van der Waals surface area contributed by atoms with Crippen molar-refractivity contribution in [3.8, 4) is 0 Å². The van der Waals surface area contributed by atoms with Crippen molar-refractivity contribution in [1.82, 2.24) is 0 Å². The molecule has 0 radical (unpaired) electrons. The van der Waals surface area contributed by atoms with E-state index in [-0.39, 0.29) is 11.9 Å². The van der Waals surface area contributed by atoms with Crippen LogP contribution in [0.4, 0.5) is 5.69 Å². The van der Waals surface area contributed by atoms with Gasteiger partial charge in [0, 0.05) is 18.8 Å². The SMILES string of the molecule is CCCCCC(N)c1ccc2c(c1)CC(=O)N2C. The first-order chi connectivity index (χ1) is 8.63. The van der Waals surface area contributed by atoms with Crippen LogP contribution in [0.25, 0.3) is 0 Å². The van der Waals surface area contributed by atoms with Gasteiger partial charge in [-0.15, -0.1) is 0 Å². The van der Waals surface area contributed by atoms with Crippen LogP contribution in [0.5, 0.6) is 0 Å². The monoisotopic (exact) mass is 246 g/mol. The first-order valence-electron chi connectivity index (χ1n) is 6.78. The summed E-state index contributed by atoms with van der Waals surface area (Å²) in [6.45, 7) is 2.20. The summed E-state index contributed by atoms with van der Waals surface area (Å²) < 4.78 is 0. The zero-order chi connectivity index (χ0) is 13.1. The van der Waals surface area contributed by atoms with E-state index in [0.29, 0.717) is 6.42 Å². The fourth-order valence-electron chi connectivity index (χ4n) is 2.50. The van der Waals surface area contributed by atoms with E-state index in [2.05, 4.69) is 19.1 Å². The second-order valence-corrected chi connectivity index (χ2v) is 5.12. The Labute approximate surface area is 109 Å². The van der Waals surface area contributed by atoms with E-state index in [1.54, 1.807) is 4.90 Å². The van der Waals surface area contributed by atoms with Crippen molar-refractivity contribution in [2.75, 3.05) is 11.9 Å². The van der Waals surface area contributed by atoms with Crippen LogP contribution in [0.2, 0.25) is 0 Å². The molecule has 1 atom stereocenters. The molecule has 0 saturated carbocycles. The Balaban J connectivity index is 2.08. The van der Waals surface area contributed by atoms with Gasteiger partial charge in [-0.05, 0) is 23.6 Å². The number of nitrogens with two attached hydrogens (primary N) is 1. The molecule has 0 saturated heterocycles. The fraction of sp³-hybridized carbons (Fsp3) is 0.533. The van der Waals surface area contributed by atoms with Gasteiger partial charge in [0.1, 0.15) is 0 Å². The van der Waals surface area contributed by atoms with Crippen LogP contribution >= 0.6 is 0 Å². The summed E-state index contributed by atoms with van der Waals surface area (Å²) in [5.74, 6) is 0.168. The molecular formula is C15H22N2O. The van der Waals surface area contributed by atoms with E-state index in [0.717, 1.165) is 23.2 Å². The first kappa shape index (κ1) is 13.1. The topological polar surface area (TPSA) is 46.3 Å². The Kier molecular flexibility index (Phi) is 4.02. The second kappa shape index (κ2) is 5.53. The smallest absolute Gasteiger partial charge is 0.231 e. The van der Waals surface area contributed by atoms with Gasteiger partial charge in [-0.2, -0.15) is 0 Å². The highest BCUT2D eigenvalue weighted by Crippen LogP contribution is 2.30. The standard InChI is InChI=1S/C15H22N2O/c1-3-4-5-6-13(16)11-7-8-14-12(9-11)10-15(18)17(14)2/h7-9,13H,3-6,10,16H2,1-2H3. The van der Waals surface area contributed by atoms with E-state index in [1.807, 2.05) is 13.1 Å². The summed E-state index contributed by atoms with van der Waals surface area (Å²) in [6.07, 6.45) is 5.17. The number of fused-ring (bicyclic) bond motifs is 1. The molecule has 1 heterocycles. The molecule has 2 N–H and O–H groups in total. The van der Waals surface area contributed by atoms with Gasteiger partial charge < -0.3 is 10.6 Å². The Hall–Kier alpha value is -1.35. The highest BCUT2D eigenvalue weighted by Gasteiger charge is 2.24. The van der Waals surface area contributed by atoms with Crippen LogP contribution in [0.1, 0.15) is 49.8 Å². The third-order valence-corrected chi connectivity index (χ3v) is 3.73. The maximum atomic E-state index is 11.6. The van der Waals surface area contributed by atoms with Gasteiger partial charge in [0.25, 0.3) is 0 Å². The van der Waals surface area contributed by atoms with Gasteiger partial charge in [-0.1, -0.05) is 38.3 Å². The largest absolute Gasteiger partial charge is 0.324 e. The summed E-state index contributed by atoms with van der Waals surface area (Å²) in [7, 11) is 1.83. The highest BCUT2D eigenvalue weighted by atomic mass is 16.2. The summed E-state index contributed by atoms with van der Waals surface area (Å²) in [4.78, 5) is 13.3. The predicted octanol–water partition coefficient (Wildman–Crippen LogP) is 2.79. The van der Waals surface area contributed by atoms with Crippen molar-refractivity contribution >= 4 is 11.6 Å². The number of anilines is 1. The van der Waals surface area contributed by atoms with Crippen molar-refractivity contribution in [2.45, 2.75) is 45.1 Å². The van der Waals surface area contributed by atoms with E-state index in [4.69, 9.17) is 5.73 Å². The molecule has 0 bridgehead atoms. The summed E-state index contributed by atoms with van der Waals surface area (Å²) in [5.41, 5.74) is 9.51. The first-order valence-corrected chi connectivity index (χ1v) is 6.78. The maximum Gasteiger partial charge on any atom is 0.231 e. The average Bonchev–Trinajstić information content (AvgIpc) is 2.65. The number of nitrogens with zero attached hydrogens (tertiary/aromatic N) is 1. The molecule has 0 spiro atoms. The van der Waals surface area contributed by atoms with Crippen molar-refractivity contribution in [3.63, 3.8) is 0 Å². The Bertz CT molecular complexity index is 442. The molecule has 1 unspecified atom stereocenters. The molecule has 1 aromatic rings. The molecule has 3 nitrogen and oxygen atoms in total. The molecule has 0 aromatic heterocycles. The van der Waals surface area contributed by atoms with E-state index >= 15 is 0 Å². The quantitative estimate of drug-likeness (QED) is 0.812. The van der Waals surface area contributed by atoms with Crippen LogP contribution in [0.3, 0.4) is 0 Å². The van der Waals surface area contributed by atoms with Crippen LogP contribution in [0, 0.1) is 0 Å². The van der Waals surface area contributed by atoms with Crippen molar-refractivity contribution in [2.24, 2.45) is 5.73 Å². The van der Waals surface area contributed by atoms with E-state index in [9.17, 15) is 4.79 Å². The molecular weight excluding hydrogens is 224 g/mol. The molecule has 2 rings (SSSR count). The lowest BCUT2D eigenvalue weighted by Gasteiger charge is -2.14. The number of hydrogen-bond donors (Lipinski definition) is 1. The van der Waals surface area contributed by atoms with Crippen molar-refractivity contribution in [1.29, 1.82) is 0 Å². The molecule has 98 valence electrons. The van der Waals surface area contributed by atoms with Gasteiger partial charge in [0.2, 0.25) is 5.91 Å². The lowest BCUT2D eigenvalue weighted by Crippen LogP contribution is -2.20. The number of carbonyl (C=O) groups is 1. The van der Waals surface area contributed by atoms with Crippen LogP contribution in [-0.4, -0.2) is 13.0 Å². The maximum absolute atomic E-state index is 11.6. The molecule has 1 amide bonds. The van der Waals surface area contributed by atoms with Crippen molar-refractivity contribution in [3.05, 3.63) is 29.3 Å². The number of benzene rings is 1. The molecule has 0 fully saturated rings. The van der Waals surface area contributed by atoms with Gasteiger partial charge in [0.15, 0.2) is 0 Å². The summed E-state index contributed by atoms with van der Waals surface area (Å²) >= 11 is 0. The molecule has 0 aliphatic carbocycles. The molecule has 1 aliphatic heterocycles. The second-order valence-electron chi connectivity index (χ2n) is 5.12. The fourth-order valence-corrected chi connectivity index (χ4v) is 2.50. The van der Waals surface area contributed by atoms with E-state index in [1.165, 1.54) is 19.3 Å². The van der Waals surface area contributed by atoms with Gasteiger partial charge in [0.05, 0.1) is 6.42 Å². The third kappa shape index (κ3) is 2.56. The van der Waals surface area contributed by atoms with Gasteiger partial charge in [-0.3, -0.25) is 4.79 Å². The van der Waals surface area contributed by atoms with E-state index < -0.39 is 0 Å². The molecule has 18 heavy (non-hydrogen) atoms. The van der Waals surface area contributed by atoms with Crippen LogP contribution < -0.4 is 10.6 Å². The van der Waals surface area contributed by atoms with Crippen LogP contribution in [0.15, 0.2) is 18.2 Å². The van der Waals surface area contributed by atoms with Gasteiger partial charge in [-0.25, -0.2) is 0 Å². The number of rotatable bonds is 5. The number of unbranched alkanes of at least 4 members (excludes halogenated alkanes) is 2. The van der Waals surface area contributed by atoms with Crippen molar-refractivity contribution < 1.29 is 4.79 Å². The average molecular weight is 246 g/mol. The zero-order valence-electron chi connectivity index (χ0n) is 11.3. The predicted molar refractivity (Wildman–Crippen MR) is 74.6 cm³/mol. The minimum Gasteiger partial charge on any atom is -0.324 e. The number of hydrogen-bond acceptors (Lipinski definition) is 2. The Morgan fingerprint density at radius 1 is 1.39 bits per heavy atom. The zero-order valence-corrected chi connectivity index (χ0v) is 11.3. The normalized spacial score (nSPS) is 15.9. The molecule has 3 heteroatoms. The third-order valence-electron chi connectivity index (χ3n) is 3.73. The number of likely N-dealkylation sites (N-methyl/N-ethyl adjacent to an activating group) is 1. The Morgan fingerprint density at radius 3 is 2.89 bits per heavy atom. The highest BCUT2D eigenvalue weighted by molar-refractivity contribution is 6.00. The molecule has 1 aliphatic rings. The lowest BCUT2D eigenvalue weighted by atomic mass is 9.98. The summed E-state index contributed by atoms with van der Waals surface area (Å²) in [6, 6.07) is 6.29.